The fraction of sp³-hybridized carbons (Fsp3) is 0.750. The first-order valence-electron chi connectivity index (χ1n) is 8.23. The summed E-state index contributed by atoms with van der Waals surface area (Å²) in [6, 6.07) is -0.244. The van der Waals surface area contributed by atoms with Gasteiger partial charge in [-0.1, -0.05) is 19.3 Å². The van der Waals surface area contributed by atoms with Gasteiger partial charge in [-0.25, -0.2) is 9.78 Å². The highest BCUT2D eigenvalue weighted by Gasteiger charge is 2.35. The lowest BCUT2D eigenvalue weighted by Gasteiger charge is -2.39. The van der Waals surface area contributed by atoms with E-state index in [2.05, 4.69) is 15.6 Å². The number of hydrogen-bond donors (Lipinski definition) is 3. The number of rotatable bonds is 6. The second kappa shape index (κ2) is 7.97. The Labute approximate surface area is 142 Å². The third kappa shape index (κ3) is 4.81. The molecule has 0 bridgehead atoms. The Morgan fingerprint density at radius 3 is 2.70 bits per heavy atom. The maximum atomic E-state index is 12.2. The number of hydrogen-bond acceptors (Lipinski definition) is 5. The molecule has 1 saturated carbocycles. The zero-order valence-corrected chi connectivity index (χ0v) is 15.1. The van der Waals surface area contributed by atoms with Crippen LogP contribution in [0, 0.1) is 5.92 Å². The summed E-state index contributed by atoms with van der Waals surface area (Å²) in [4.78, 5) is 18.6. The van der Waals surface area contributed by atoms with Crippen LogP contribution < -0.4 is 15.5 Å². The minimum absolute atomic E-state index is 0.0352. The van der Waals surface area contributed by atoms with Crippen LogP contribution in [0.2, 0.25) is 0 Å². The lowest BCUT2D eigenvalue weighted by atomic mass is 9.76. The van der Waals surface area contributed by atoms with Crippen molar-refractivity contribution in [2.75, 3.05) is 25.6 Å². The van der Waals surface area contributed by atoms with E-state index in [0.29, 0.717) is 12.5 Å². The summed E-state index contributed by atoms with van der Waals surface area (Å²) in [6.07, 6.45) is 5.73. The molecule has 0 aliphatic heterocycles. The fourth-order valence-electron chi connectivity index (χ4n) is 3.07. The van der Waals surface area contributed by atoms with Crippen molar-refractivity contribution in [2.24, 2.45) is 5.92 Å². The van der Waals surface area contributed by atoms with E-state index in [4.69, 9.17) is 0 Å². The highest BCUT2D eigenvalue weighted by Crippen LogP contribution is 2.32. The zero-order chi connectivity index (χ0) is 16.9. The van der Waals surface area contributed by atoms with Crippen LogP contribution in [0.5, 0.6) is 0 Å². The molecule has 1 heterocycles. The average Bonchev–Trinajstić information content (AvgIpc) is 3.03. The van der Waals surface area contributed by atoms with Crippen LogP contribution in [-0.2, 0) is 6.54 Å². The van der Waals surface area contributed by atoms with Crippen molar-refractivity contribution >= 4 is 22.5 Å². The van der Waals surface area contributed by atoms with E-state index in [1.807, 2.05) is 31.3 Å². The maximum absolute atomic E-state index is 12.2. The highest BCUT2D eigenvalue weighted by atomic mass is 32.1. The van der Waals surface area contributed by atoms with Gasteiger partial charge in [-0.3, -0.25) is 0 Å². The van der Waals surface area contributed by atoms with E-state index in [0.717, 1.165) is 23.7 Å². The summed E-state index contributed by atoms with van der Waals surface area (Å²) in [5, 5.41) is 18.5. The molecule has 0 radical (unpaired) electrons. The van der Waals surface area contributed by atoms with Gasteiger partial charge < -0.3 is 20.6 Å². The molecule has 1 aliphatic carbocycles. The van der Waals surface area contributed by atoms with Crippen molar-refractivity contribution < 1.29 is 9.90 Å². The number of anilines is 1. The first-order chi connectivity index (χ1) is 10.9. The number of nitrogens with zero attached hydrogens (tertiary/aromatic N) is 2. The lowest BCUT2D eigenvalue weighted by Crippen LogP contribution is -2.57. The predicted molar refractivity (Wildman–Crippen MR) is 93.9 cm³/mol. The fourth-order valence-corrected chi connectivity index (χ4v) is 3.83. The number of carbonyl (C=O) groups is 1. The normalized spacial score (nSPS) is 18.3. The van der Waals surface area contributed by atoms with Gasteiger partial charge in [0.15, 0.2) is 5.13 Å². The minimum Gasteiger partial charge on any atom is -0.394 e. The molecule has 3 N–H and O–H groups in total. The van der Waals surface area contributed by atoms with Crippen molar-refractivity contribution in [1.29, 1.82) is 0 Å². The van der Waals surface area contributed by atoms with Crippen LogP contribution in [0.15, 0.2) is 5.38 Å². The third-order valence-electron chi connectivity index (χ3n) is 4.59. The molecule has 1 fully saturated rings. The zero-order valence-electron chi connectivity index (χ0n) is 14.3. The van der Waals surface area contributed by atoms with Gasteiger partial charge in [0.2, 0.25) is 0 Å². The van der Waals surface area contributed by atoms with Gasteiger partial charge in [0.05, 0.1) is 24.4 Å². The van der Waals surface area contributed by atoms with E-state index in [1.54, 1.807) is 11.3 Å². The number of aromatic nitrogens is 1. The molecule has 2 rings (SSSR count). The Morgan fingerprint density at radius 1 is 1.43 bits per heavy atom. The molecule has 130 valence electrons. The molecule has 1 unspecified atom stereocenters. The number of urea groups is 1. The molecule has 1 aliphatic rings. The van der Waals surface area contributed by atoms with E-state index in [9.17, 15) is 9.90 Å². The molecule has 7 heteroatoms. The molecular weight excluding hydrogens is 312 g/mol. The molecule has 1 atom stereocenters. The Hall–Kier alpha value is -1.34. The molecule has 1 aromatic heterocycles. The predicted octanol–water partition coefficient (Wildman–Crippen LogP) is 2.34. The minimum atomic E-state index is -0.554. The van der Waals surface area contributed by atoms with Crippen molar-refractivity contribution in [2.45, 2.75) is 51.1 Å². The topological polar surface area (TPSA) is 77.5 Å². The molecule has 23 heavy (non-hydrogen) atoms. The van der Waals surface area contributed by atoms with Crippen molar-refractivity contribution in [1.82, 2.24) is 15.6 Å². The summed E-state index contributed by atoms with van der Waals surface area (Å²) in [7, 11) is 3.89. The van der Waals surface area contributed by atoms with E-state index >= 15 is 0 Å². The van der Waals surface area contributed by atoms with Crippen LogP contribution in [0.4, 0.5) is 9.93 Å². The van der Waals surface area contributed by atoms with Gasteiger partial charge in [-0.05, 0) is 25.7 Å². The van der Waals surface area contributed by atoms with Crippen LogP contribution in [0.3, 0.4) is 0 Å². The summed E-state index contributed by atoms with van der Waals surface area (Å²) >= 11 is 1.55. The van der Waals surface area contributed by atoms with E-state index in [1.165, 1.54) is 19.3 Å². The second-order valence-corrected chi connectivity index (χ2v) is 7.57. The summed E-state index contributed by atoms with van der Waals surface area (Å²) in [5.74, 6) is 0.339. The van der Waals surface area contributed by atoms with Crippen molar-refractivity contribution in [3.8, 4) is 0 Å². The SMILES string of the molecule is CN(C)c1nc(CNC(=O)NC(C)(CO)C2CCCCC2)cs1. The number of amides is 2. The first-order valence-corrected chi connectivity index (χ1v) is 9.11. The Bertz CT molecular complexity index is 514. The van der Waals surface area contributed by atoms with Gasteiger partial charge in [-0.2, -0.15) is 0 Å². The summed E-state index contributed by atoms with van der Waals surface area (Å²) in [6.45, 7) is 2.30. The Kier molecular flexibility index (Phi) is 6.24. The molecule has 6 nitrogen and oxygen atoms in total. The number of aliphatic hydroxyl groups is 1. The Morgan fingerprint density at radius 2 is 2.13 bits per heavy atom. The molecule has 1 aromatic rings. The maximum Gasteiger partial charge on any atom is 0.315 e. The Balaban J connectivity index is 1.86. The number of carbonyl (C=O) groups excluding carboxylic acids is 1. The third-order valence-corrected chi connectivity index (χ3v) is 5.64. The average molecular weight is 340 g/mol. The lowest BCUT2D eigenvalue weighted by molar-refractivity contribution is 0.101. The molecule has 0 aromatic carbocycles. The van der Waals surface area contributed by atoms with Gasteiger partial charge in [0.1, 0.15) is 0 Å². The molecule has 0 spiro atoms. The second-order valence-electron chi connectivity index (χ2n) is 6.73. The van der Waals surface area contributed by atoms with Gasteiger partial charge in [0, 0.05) is 19.5 Å². The van der Waals surface area contributed by atoms with Crippen molar-refractivity contribution in [3.63, 3.8) is 0 Å². The monoisotopic (exact) mass is 340 g/mol. The molecule has 0 saturated heterocycles. The van der Waals surface area contributed by atoms with Gasteiger partial charge in [0.25, 0.3) is 0 Å². The number of nitrogens with one attached hydrogen (secondary N) is 2. The molecule has 2 amide bonds. The first kappa shape index (κ1) is 18.0. The number of aliphatic hydroxyl groups excluding tert-OH is 1. The smallest absolute Gasteiger partial charge is 0.315 e. The van der Waals surface area contributed by atoms with Crippen LogP contribution in [-0.4, -0.2) is 42.4 Å². The largest absolute Gasteiger partial charge is 0.394 e. The van der Waals surface area contributed by atoms with E-state index in [-0.39, 0.29) is 12.6 Å². The van der Waals surface area contributed by atoms with Crippen LogP contribution >= 0.6 is 11.3 Å². The number of thiazole rings is 1. The molecular formula is C16H28N4O2S. The standard InChI is InChI=1S/C16H28N4O2S/c1-16(11-21,12-7-5-4-6-8-12)19-14(22)17-9-13-10-23-15(18-13)20(2)3/h10,12,21H,4-9,11H2,1-3H3,(H2,17,19,22). The van der Waals surface area contributed by atoms with E-state index < -0.39 is 5.54 Å². The van der Waals surface area contributed by atoms with Gasteiger partial charge >= 0.3 is 6.03 Å². The summed E-state index contributed by atoms with van der Waals surface area (Å²) < 4.78 is 0. The van der Waals surface area contributed by atoms with Crippen LogP contribution in [0.25, 0.3) is 0 Å². The quantitative estimate of drug-likeness (QED) is 0.743. The van der Waals surface area contributed by atoms with Gasteiger partial charge in [-0.15, -0.1) is 11.3 Å². The highest BCUT2D eigenvalue weighted by molar-refractivity contribution is 7.13. The summed E-state index contributed by atoms with van der Waals surface area (Å²) in [5.41, 5.74) is 0.290. The van der Waals surface area contributed by atoms with Crippen molar-refractivity contribution in [3.05, 3.63) is 11.1 Å². The van der Waals surface area contributed by atoms with Crippen LogP contribution in [0.1, 0.15) is 44.7 Å².